The maximum Gasteiger partial charge on any atom is 0.341 e. The van der Waals surface area contributed by atoms with Crippen molar-refractivity contribution in [3.8, 4) is 5.88 Å². The number of aromatic carboxylic acids is 1. The van der Waals surface area contributed by atoms with Crippen molar-refractivity contribution in [2.24, 2.45) is 5.92 Å². The van der Waals surface area contributed by atoms with Gasteiger partial charge in [-0.1, -0.05) is 0 Å². The molecule has 0 atom stereocenters. The third-order valence-corrected chi connectivity index (χ3v) is 3.69. The molecule has 23 heavy (non-hydrogen) atoms. The highest BCUT2D eigenvalue weighted by Gasteiger charge is 2.31. The van der Waals surface area contributed by atoms with Crippen molar-refractivity contribution in [3.63, 3.8) is 0 Å². The monoisotopic (exact) mass is 321 g/mol. The summed E-state index contributed by atoms with van der Waals surface area (Å²) in [5.74, 6) is -1.20. The summed E-state index contributed by atoms with van der Waals surface area (Å²) in [6, 6.07) is 3.03. The number of aromatic nitrogens is 1. The zero-order valence-electron chi connectivity index (χ0n) is 13.7. The molecule has 2 rings (SSSR count). The van der Waals surface area contributed by atoms with E-state index in [-0.39, 0.29) is 29.4 Å². The lowest BCUT2D eigenvalue weighted by molar-refractivity contribution is -0.161. The number of esters is 1. The molecule has 0 bridgehead atoms. The van der Waals surface area contributed by atoms with Crippen molar-refractivity contribution in [1.82, 2.24) is 4.98 Å². The summed E-state index contributed by atoms with van der Waals surface area (Å²) in [5, 5.41) is 9.14. The van der Waals surface area contributed by atoms with Crippen LogP contribution in [0.4, 0.5) is 0 Å². The van der Waals surface area contributed by atoms with Gasteiger partial charge in [0.25, 0.3) is 0 Å². The quantitative estimate of drug-likeness (QED) is 0.858. The van der Waals surface area contributed by atoms with Gasteiger partial charge in [0.1, 0.15) is 17.3 Å². The summed E-state index contributed by atoms with van der Waals surface area (Å²) < 4.78 is 11.1. The van der Waals surface area contributed by atoms with Crippen LogP contribution in [0, 0.1) is 5.92 Å². The molecule has 1 aromatic heterocycles. The van der Waals surface area contributed by atoms with Crippen LogP contribution in [0.5, 0.6) is 5.88 Å². The number of nitrogens with zero attached hydrogens (tertiary/aromatic N) is 1. The number of rotatable bonds is 4. The molecule has 1 aliphatic carbocycles. The second-order valence-corrected chi connectivity index (χ2v) is 6.79. The van der Waals surface area contributed by atoms with Crippen molar-refractivity contribution >= 4 is 11.9 Å². The first-order valence-corrected chi connectivity index (χ1v) is 7.84. The fraction of sp³-hybridized carbons (Fsp3) is 0.588. The molecule has 1 saturated carbocycles. The molecule has 6 heteroatoms. The molecule has 1 N–H and O–H groups in total. The average Bonchev–Trinajstić information content (AvgIpc) is 2.46. The summed E-state index contributed by atoms with van der Waals surface area (Å²) in [6.45, 7) is 5.57. The second-order valence-electron chi connectivity index (χ2n) is 6.79. The van der Waals surface area contributed by atoms with Gasteiger partial charge in [-0.05, 0) is 58.6 Å². The summed E-state index contributed by atoms with van der Waals surface area (Å²) in [7, 11) is 0. The van der Waals surface area contributed by atoms with E-state index in [2.05, 4.69) is 4.98 Å². The number of carboxylic acids is 1. The van der Waals surface area contributed by atoms with E-state index in [0.717, 1.165) is 0 Å². The Hall–Kier alpha value is -2.11. The van der Waals surface area contributed by atoms with Gasteiger partial charge in [0.2, 0.25) is 5.88 Å². The normalized spacial score (nSPS) is 21.5. The lowest BCUT2D eigenvalue weighted by Crippen LogP contribution is -2.33. The predicted molar refractivity (Wildman–Crippen MR) is 83.4 cm³/mol. The van der Waals surface area contributed by atoms with Crippen LogP contribution in [0.15, 0.2) is 18.3 Å². The standard InChI is InChI=1S/C17H23NO5/c1-17(2,3)23-16(21)11-6-8-12(9-7-11)22-14-13(15(19)20)5-4-10-18-14/h4-5,10-12H,6-9H2,1-3H3,(H,19,20). The fourth-order valence-electron chi connectivity index (χ4n) is 2.61. The lowest BCUT2D eigenvalue weighted by atomic mass is 9.87. The van der Waals surface area contributed by atoms with Crippen molar-refractivity contribution in [1.29, 1.82) is 0 Å². The van der Waals surface area contributed by atoms with Gasteiger partial charge in [0.15, 0.2) is 0 Å². The predicted octanol–water partition coefficient (Wildman–Crippen LogP) is 3.06. The second kappa shape index (κ2) is 6.98. The van der Waals surface area contributed by atoms with E-state index < -0.39 is 11.6 Å². The minimum absolute atomic E-state index is 0.0572. The average molecular weight is 321 g/mol. The Balaban J connectivity index is 1.91. The lowest BCUT2D eigenvalue weighted by Gasteiger charge is -2.30. The van der Waals surface area contributed by atoms with Crippen LogP contribution in [-0.2, 0) is 9.53 Å². The van der Waals surface area contributed by atoms with Gasteiger partial charge in [-0.3, -0.25) is 4.79 Å². The molecular formula is C17H23NO5. The van der Waals surface area contributed by atoms with E-state index in [9.17, 15) is 9.59 Å². The SMILES string of the molecule is CC(C)(C)OC(=O)C1CCC(Oc2ncccc2C(=O)O)CC1. The van der Waals surface area contributed by atoms with Crippen LogP contribution >= 0.6 is 0 Å². The Morgan fingerprint density at radius 1 is 1.22 bits per heavy atom. The minimum atomic E-state index is -1.06. The molecule has 0 spiro atoms. The van der Waals surface area contributed by atoms with Gasteiger partial charge < -0.3 is 14.6 Å². The van der Waals surface area contributed by atoms with E-state index in [4.69, 9.17) is 14.6 Å². The van der Waals surface area contributed by atoms with Crippen molar-refractivity contribution in [3.05, 3.63) is 23.9 Å². The summed E-state index contributed by atoms with van der Waals surface area (Å²) in [4.78, 5) is 27.2. The number of ether oxygens (including phenoxy) is 2. The van der Waals surface area contributed by atoms with Crippen LogP contribution in [0.2, 0.25) is 0 Å². The van der Waals surface area contributed by atoms with E-state index in [1.807, 2.05) is 20.8 Å². The molecule has 1 aliphatic rings. The Bertz CT molecular complexity index is 571. The van der Waals surface area contributed by atoms with Gasteiger partial charge in [-0.15, -0.1) is 0 Å². The number of carboxylic acid groups (broad SMARTS) is 1. The molecule has 126 valence electrons. The minimum Gasteiger partial charge on any atom is -0.477 e. The summed E-state index contributed by atoms with van der Waals surface area (Å²) in [6.07, 6.45) is 4.10. The molecule has 0 saturated heterocycles. The Labute approximate surface area is 135 Å². The molecule has 0 unspecified atom stereocenters. The van der Waals surface area contributed by atoms with Gasteiger partial charge in [0.05, 0.1) is 5.92 Å². The Morgan fingerprint density at radius 2 is 1.87 bits per heavy atom. The van der Waals surface area contributed by atoms with Crippen molar-refractivity contribution < 1.29 is 24.2 Å². The first kappa shape index (κ1) is 17.2. The highest BCUT2D eigenvalue weighted by atomic mass is 16.6. The molecule has 1 aromatic rings. The molecule has 0 aromatic carbocycles. The van der Waals surface area contributed by atoms with Crippen LogP contribution in [-0.4, -0.2) is 33.7 Å². The van der Waals surface area contributed by atoms with E-state index in [1.54, 1.807) is 6.07 Å². The molecular weight excluding hydrogens is 298 g/mol. The molecule has 6 nitrogen and oxygen atoms in total. The number of pyridine rings is 1. The van der Waals surface area contributed by atoms with Crippen molar-refractivity contribution in [2.75, 3.05) is 0 Å². The van der Waals surface area contributed by atoms with Crippen LogP contribution in [0.25, 0.3) is 0 Å². The number of carbonyl (C=O) groups is 2. The fourth-order valence-corrected chi connectivity index (χ4v) is 2.61. The van der Waals surface area contributed by atoms with E-state index >= 15 is 0 Å². The number of hydrogen-bond acceptors (Lipinski definition) is 5. The zero-order valence-corrected chi connectivity index (χ0v) is 13.7. The molecule has 0 aliphatic heterocycles. The highest BCUT2D eigenvalue weighted by molar-refractivity contribution is 5.90. The zero-order chi connectivity index (χ0) is 17.0. The first-order chi connectivity index (χ1) is 10.8. The molecule has 1 fully saturated rings. The van der Waals surface area contributed by atoms with Gasteiger partial charge in [-0.25, -0.2) is 9.78 Å². The number of hydrogen-bond donors (Lipinski definition) is 1. The molecule has 0 radical (unpaired) electrons. The maximum absolute atomic E-state index is 12.1. The largest absolute Gasteiger partial charge is 0.477 e. The highest BCUT2D eigenvalue weighted by Crippen LogP contribution is 2.30. The van der Waals surface area contributed by atoms with Gasteiger partial charge in [-0.2, -0.15) is 0 Å². The third kappa shape index (κ3) is 4.94. The maximum atomic E-state index is 12.1. The van der Waals surface area contributed by atoms with Crippen molar-refractivity contribution in [2.45, 2.75) is 58.2 Å². The van der Waals surface area contributed by atoms with Crippen LogP contribution in [0.3, 0.4) is 0 Å². The van der Waals surface area contributed by atoms with E-state index in [1.165, 1.54) is 12.3 Å². The summed E-state index contributed by atoms with van der Waals surface area (Å²) >= 11 is 0. The topological polar surface area (TPSA) is 85.7 Å². The van der Waals surface area contributed by atoms with E-state index in [0.29, 0.717) is 25.7 Å². The van der Waals surface area contributed by atoms with Crippen LogP contribution < -0.4 is 4.74 Å². The number of carbonyl (C=O) groups excluding carboxylic acids is 1. The van der Waals surface area contributed by atoms with Gasteiger partial charge in [0, 0.05) is 6.20 Å². The molecule has 1 heterocycles. The van der Waals surface area contributed by atoms with Crippen LogP contribution in [0.1, 0.15) is 56.8 Å². The smallest absolute Gasteiger partial charge is 0.341 e. The summed E-state index contributed by atoms with van der Waals surface area (Å²) in [5.41, 5.74) is -0.420. The third-order valence-electron chi connectivity index (χ3n) is 3.69. The molecule has 0 amide bonds. The van der Waals surface area contributed by atoms with Gasteiger partial charge >= 0.3 is 11.9 Å². The first-order valence-electron chi connectivity index (χ1n) is 7.84. The Morgan fingerprint density at radius 3 is 2.43 bits per heavy atom. The Kier molecular flexibility index (Phi) is 5.23.